The van der Waals surface area contributed by atoms with Crippen LogP contribution in [0.2, 0.25) is 0 Å². The van der Waals surface area contributed by atoms with Crippen molar-refractivity contribution in [2.75, 3.05) is 25.0 Å². The second-order valence-electron chi connectivity index (χ2n) is 5.81. The number of amides is 1. The summed E-state index contributed by atoms with van der Waals surface area (Å²) in [5.41, 5.74) is 2.38. The third-order valence-electron chi connectivity index (χ3n) is 4.34. The molecule has 1 aliphatic rings. The molecule has 7 heteroatoms. The topological polar surface area (TPSA) is 76.1 Å². The fourth-order valence-electron chi connectivity index (χ4n) is 3.15. The molecule has 1 atom stereocenters. The average Bonchev–Trinajstić information content (AvgIpc) is 2.99. The van der Waals surface area contributed by atoms with Crippen molar-refractivity contribution < 1.29 is 24.2 Å². The number of hydrogen-bond acceptors (Lipinski definition) is 5. The largest absolute Gasteiger partial charge is 0.496 e. The first-order chi connectivity index (χ1) is 13.0. The molecule has 0 saturated heterocycles. The minimum atomic E-state index is -1.30. The number of nitrogens with zero attached hydrogens (tertiary/aromatic N) is 1. The van der Waals surface area contributed by atoms with Gasteiger partial charge in [-0.05, 0) is 12.1 Å². The molecule has 0 spiro atoms. The number of halogens is 1. The lowest BCUT2D eigenvalue weighted by molar-refractivity contribution is -0.117. The van der Waals surface area contributed by atoms with Crippen molar-refractivity contribution in [2.24, 2.45) is 0 Å². The Kier molecular flexibility index (Phi) is 5.48. The van der Waals surface area contributed by atoms with Crippen molar-refractivity contribution in [1.82, 2.24) is 0 Å². The Morgan fingerprint density at radius 3 is 2.37 bits per heavy atom. The Balaban J connectivity index is 2.25. The molecule has 1 amide bonds. The molecule has 1 unspecified atom stereocenters. The van der Waals surface area contributed by atoms with Crippen molar-refractivity contribution in [3.8, 4) is 0 Å². The van der Waals surface area contributed by atoms with Crippen LogP contribution in [0.4, 0.5) is 5.69 Å². The lowest BCUT2D eigenvalue weighted by Gasteiger charge is -2.21. The molecular formula is C20H18ClNO5. The van der Waals surface area contributed by atoms with Crippen LogP contribution in [0.25, 0.3) is 11.3 Å². The van der Waals surface area contributed by atoms with Crippen LogP contribution in [-0.4, -0.2) is 43.3 Å². The third-order valence-corrected chi connectivity index (χ3v) is 4.57. The second-order valence-corrected chi connectivity index (χ2v) is 6.07. The number of carbonyl (C=O) groups excluding carboxylic acids is 2. The van der Waals surface area contributed by atoms with Crippen LogP contribution in [0.3, 0.4) is 0 Å². The maximum atomic E-state index is 12.4. The minimum absolute atomic E-state index is 0.260. The quantitative estimate of drug-likeness (QED) is 0.496. The maximum Gasteiger partial charge on any atom is 0.337 e. The van der Waals surface area contributed by atoms with E-state index in [1.165, 1.54) is 20.3 Å². The summed E-state index contributed by atoms with van der Waals surface area (Å²) < 4.78 is 10.3. The zero-order valence-electron chi connectivity index (χ0n) is 14.8. The van der Waals surface area contributed by atoms with E-state index < -0.39 is 18.1 Å². The molecule has 140 valence electrons. The Morgan fingerprint density at radius 2 is 1.78 bits per heavy atom. The van der Waals surface area contributed by atoms with Gasteiger partial charge in [0.2, 0.25) is 5.91 Å². The van der Waals surface area contributed by atoms with E-state index in [2.05, 4.69) is 0 Å². The number of aliphatic hydroxyl groups excluding tert-OH is 1. The van der Waals surface area contributed by atoms with Crippen LogP contribution in [-0.2, 0) is 14.3 Å². The van der Waals surface area contributed by atoms with E-state index in [9.17, 15) is 14.7 Å². The van der Waals surface area contributed by atoms with Crippen LogP contribution in [0.15, 0.2) is 48.5 Å². The van der Waals surface area contributed by atoms with Crippen LogP contribution < -0.4 is 4.90 Å². The van der Waals surface area contributed by atoms with Crippen LogP contribution >= 0.6 is 11.6 Å². The number of esters is 1. The smallest absolute Gasteiger partial charge is 0.337 e. The lowest BCUT2D eigenvalue weighted by Crippen LogP contribution is -2.38. The molecule has 2 aromatic carbocycles. The van der Waals surface area contributed by atoms with E-state index >= 15 is 0 Å². The van der Waals surface area contributed by atoms with Gasteiger partial charge >= 0.3 is 5.97 Å². The molecule has 0 saturated carbocycles. The monoisotopic (exact) mass is 387 g/mol. The summed E-state index contributed by atoms with van der Waals surface area (Å²) in [6.45, 7) is 0. The number of hydrogen-bond donors (Lipinski definition) is 1. The van der Waals surface area contributed by atoms with Crippen molar-refractivity contribution in [2.45, 2.75) is 6.23 Å². The van der Waals surface area contributed by atoms with E-state index in [0.29, 0.717) is 22.6 Å². The number of fused-ring (bicyclic) bond motifs is 1. The molecule has 0 aliphatic carbocycles. The predicted molar refractivity (Wildman–Crippen MR) is 102 cm³/mol. The molecule has 0 fully saturated rings. The number of ether oxygens (including phenoxy) is 2. The summed E-state index contributed by atoms with van der Waals surface area (Å²) in [5, 5.41) is 10.9. The molecule has 0 aromatic heterocycles. The maximum absolute atomic E-state index is 12.4. The molecule has 1 N–H and O–H groups in total. The van der Waals surface area contributed by atoms with E-state index in [4.69, 9.17) is 21.1 Å². The minimum Gasteiger partial charge on any atom is -0.496 e. The second kappa shape index (κ2) is 7.82. The number of benzene rings is 2. The summed E-state index contributed by atoms with van der Waals surface area (Å²) in [5.74, 6) is -0.927. The molecular weight excluding hydrogens is 370 g/mol. The van der Waals surface area contributed by atoms with Crippen molar-refractivity contribution in [3.05, 3.63) is 65.2 Å². The van der Waals surface area contributed by atoms with Gasteiger partial charge in [0, 0.05) is 11.1 Å². The Bertz CT molecular complexity index is 910. The number of carbonyl (C=O) groups is 2. The van der Waals surface area contributed by atoms with Gasteiger partial charge in [0.15, 0.2) is 6.23 Å². The van der Waals surface area contributed by atoms with Crippen LogP contribution in [0, 0.1) is 0 Å². The Hall–Kier alpha value is -2.83. The van der Waals surface area contributed by atoms with Crippen molar-refractivity contribution >= 4 is 40.5 Å². The van der Waals surface area contributed by atoms with Gasteiger partial charge in [-0.1, -0.05) is 36.4 Å². The van der Waals surface area contributed by atoms with Gasteiger partial charge in [-0.3, -0.25) is 9.69 Å². The van der Waals surface area contributed by atoms with Gasteiger partial charge < -0.3 is 14.6 Å². The number of aliphatic hydroxyl groups is 1. The van der Waals surface area contributed by atoms with Crippen molar-refractivity contribution in [1.29, 1.82) is 0 Å². The van der Waals surface area contributed by atoms with Gasteiger partial charge in [0.1, 0.15) is 11.6 Å². The fourth-order valence-corrected chi connectivity index (χ4v) is 3.28. The number of methoxy groups -OCH3 is 2. The third kappa shape index (κ3) is 3.29. The number of rotatable bonds is 4. The van der Waals surface area contributed by atoms with Gasteiger partial charge in [0.05, 0.1) is 31.0 Å². The van der Waals surface area contributed by atoms with E-state index in [1.807, 2.05) is 30.3 Å². The van der Waals surface area contributed by atoms with E-state index in [1.54, 1.807) is 12.1 Å². The summed E-state index contributed by atoms with van der Waals surface area (Å²) in [4.78, 5) is 25.4. The Morgan fingerprint density at radius 1 is 1.07 bits per heavy atom. The van der Waals surface area contributed by atoms with E-state index in [0.717, 1.165) is 10.5 Å². The van der Waals surface area contributed by atoms with Gasteiger partial charge in [0.25, 0.3) is 0 Å². The first-order valence-corrected chi connectivity index (χ1v) is 8.69. The van der Waals surface area contributed by atoms with Gasteiger partial charge in [-0.25, -0.2) is 4.79 Å². The lowest BCUT2D eigenvalue weighted by atomic mass is 10.00. The molecule has 27 heavy (non-hydrogen) atoms. The highest BCUT2D eigenvalue weighted by Gasteiger charge is 2.39. The zero-order valence-corrected chi connectivity index (χ0v) is 15.6. The van der Waals surface area contributed by atoms with Crippen LogP contribution in [0.5, 0.6) is 0 Å². The first-order valence-electron chi connectivity index (χ1n) is 8.15. The molecule has 1 aliphatic heterocycles. The van der Waals surface area contributed by atoms with E-state index in [-0.39, 0.29) is 11.4 Å². The molecule has 0 radical (unpaired) electrons. The fraction of sp³-hybridized carbons (Fsp3) is 0.200. The van der Waals surface area contributed by atoms with Gasteiger partial charge in [-0.2, -0.15) is 0 Å². The number of anilines is 1. The molecule has 1 heterocycles. The highest BCUT2D eigenvalue weighted by atomic mass is 35.5. The SMILES string of the molecule is COC(=O)c1ccc2c(c1)N(C(=O)CCl)C(O)/C2=C(/OC)c1ccccc1. The average molecular weight is 388 g/mol. The predicted octanol–water partition coefficient (Wildman–Crippen LogP) is 2.89. The van der Waals surface area contributed by atoms with Gasteiger partial charge in [-0.15, -0.1) is 11.6 Å². The molecule has 0 bridgehead atoms. The highest BCUT2D eigenvalue weighted by molar-refractivity contribution is 6.30. The van der Waals surface area contributed by atoms with Crippen LogP contribution in [0.1, 0.15) is 21.5 Å². The summed E-state index contributed by atoms with van der Waals surface area (Å²) >= 11 is 5.73. The summed E-state index contributed by atoms with van der Waals surface area (Å²) in [6, 6.07) is 14.0. The van der Waals surface area contributed by atoms with Crippen molar-refractivity contribution in [3.63, 3.8) is 0 Å². The Labute approximate surface area is 161 Å². The first kappa shape index (κ1) is 18.9. The molecule has 2 aromatic rings. The number of alkyl halides is 1. The molecule has 3 rings (SSSR count). The molecule has 6 nitrogen and oxygen atoms in total. The highest BCUT2D eigenvalue weighted by Crippen LogP contribution is 2.44. The normalized spacial score (nSPS) is 17.3. The zero-order chi connectivity index (χ0) is 19.6. The summed E-state index contributed by atoms with van der Waals surface area (Å²) in [7, 11) is 2.77. The summed E-state index contributed by atoms with van der Waals surface area (Å²) in [6.07, 6.45) is -1.30. The standard InChI is InChI=1S/C20H18ClNO5/c1-26-18(12-6-4-3-5-7-12)17-14-9-8-13(20(25)27-2)10-15(14)22(19(17)24)16(23)11-21/h3-10,19,24H,11H2,1-2H3/b18-17+.